The number of ether oxygens (including phenoxy) is 3. The first kappa shape index (κ1) is 41.7. The normalized spacial score (nSPS) is 13.1. The summed E-state index contributed by atoms with van der Waals surface area (Å²) in [5, 5.41) is 17.8. The zero-order chi connectivity index (χ0) is 42.0. The number of fused-ring (bicyclic) bond motifs is 3. The van der Waals surface area contributed by atoms with Crippen molar-refractivity contribution in [3.8, 4) is 11.1 Å². The van der Waals surface area contributed by atoms with E-state index < -0.39 is 59.9 Å². The summed E-state index contributed by atoms with van der Waals surface area (Å²) in [7, 11) is 0. The molecule has 12 heteroatoms. The minimum Gasteiger partial charge on any atom is -0.480 e. The van der Waals surface area contributed by atoms with Gasteiger partial charge in [-0.25, -0.2) is 19.2 Å². The van der Waals surface area contributed by atoms with Crippen LogP contribution in [0.4, 0.5) is 9.59 Å². The molecule has 0 radical (unpaired) electrons. The Morgan fingerprint density at radius 1 is 0.610 bits per heavy atom. The molecule has 59 heavy (non-hydrogen) atoms. The molecule has 304 valence electrons. The fourth-order valence-corrected chi connectivity index (χ4v) is 7.25. The third-order valence-electron chi connectivity index (χ3n) is 9.91. The number of carboxylic acids is 1. The molecule has 0 aromatic heterocycles. The lowest BCUT2D eigenvalue weighted by Gasteiger charge is -2.37. The van der Waals surface area contributed by atoms with E-state index in [0.717, 1.165) is 38.9 Å². The zero-order valence-corrected chi connectivity index (χ0v) is 33.1. The summed E-state index contributed by atoms with van der Waals surface area (Å²) >= 11 is 0. The van der Waals surface area contributed by atoms with E-state index in [0.29, 0.717) is 0 Å². The average molecular weight is 798 g/mol. The highest BCUT2D eigenvalue weighted by Crippen LogP contribution is 2.44. The van der Waals surface area contributed by atoms with Gasteiger partial charge < -0.3 is 35.3 Å². The Morgan fingerprint density at radius 3 is 1.54 bits per heavy atom. The van der Waals surface area contributed by atoms with Gasteiger partial charge in [0.25, 0.3) is 0 Å². The quantitative estimate of drug-likeness (QED) is 0.0482. The number of nitrogens with one attached hydrogen (secondary N) is 3. The standard InChI is InChI=1S/C47H47N3O9/c1-46(2,3)59-45(56)49-40(42(52)53)30-57-43(54)39(48-44(55)58-29-38-36-25-15-13-23-34(36)35-24-14-16-26-37(35)38)27-28-41(51)50-47(31-17-7-4-8-18-31,32-19-9-5-10-20-32)33-21-11-6-12-22-33/h4-26,38-40H,27-30H2,1-3H3,(H,48,55)(H,49,56)(H,50,51)(H,52,53). The van der Waals surface area contributed by atoms with Crippen LogP contribution < -0.4 is 16.0 Å². The molecule has 3 amide bonds. The monoisotopic (exact) mass is 797 g/mol. The highest BCUT2D eigenvalue weighted by atomic mass is 16.6. The van der Waals surface area contributed by atoms with E-state index in [1.54, 1.807) is 20.8 Å². The number of aliphatic carboxylic acids is 1. The number of alkyl carbamates (subject to hydrolysis) is 2. The fourth-order valence-electron chi connectivity index (χ4n) is 7.25. The summed E-state index contributed by atoms with van der Waals surface area (Å²) in [6.45, 7) is 4.00. The van der Waals surface area contributed by atoms with Gasteiger partial charge in [-0.3, -0.25) is 4.79 Å². The Balaban J connectivity index is 1.22. The molecule has 1 aliphatic rings. The number of hydrogen-bond acceptors (Lipinski definition) is 8. The van der Waals surface area contributed by atoms with Gasteiger partial charge in [-0.1, -0.05) is 140 Å². The minimum atomic E-state index is -1.67. The Hall–Kier alpha value is -6.95. The number of carbonyl (C=O) groups excluding carboxylic acids is 4. The maximum Gasteiger partial charge on any atom is 0.408 e. The summed E-state index contributed by atoms with van der Waals surface area (Å²) < 4.78 is 16.3. The molecule has 0 bridgehead atoms. The first-order valence-corrected chi connectivity index (χ1v) is 19.3. The second kappa shape index (κ2) is 18.5. The van der Waals surface area contributed by atoms with E-state index in [1.807, 2.05) is 140 Å². The summed E-state index contributed by atoms with van der Waals surface area (Å²) in [5.41, 5.74) is 4.36. The van der Waals surface area contributed by atoms with Crippen molar-refractivity contribution in [2.24, 2.45) is 0 Å². The van der Waals surface area contributed by atoms with E-state index in [9.17, 15) is 29.1 Å². The van der Waals surface area contributed by atoms with Crippen LogP contribution in [-0.2, 0) is 34.1 Å². The van der Waals surface area contributed by atoms with Crippen LogP contribution in [0.15, 0.2) is 140 Å². The predicted molar refractivity (Wildman–Crippen MR) is 220 cm³/mol. The molecule has 12 nitrogen and oxygen atoms in total. The molecule has 0 spiro atoms. The van der Waals surface area contributed by atoms with Crippen molar-refractivity contribution < 1.29 is 43.3 Å². The van der Waals surface area contributed by atoms with Crippen LogP contribution in [0.1, 0.15) is 67.3 Å². The lowest BCUT2D eigenvalue weighted by atomic mass is 9.77. The second-order valence-electron chi connectivity index (χ2n) is 15.1. The van der Waals surface area contributed by atoms with Gasteiger partial charge in [0.15, 0.2) is 6.04 Å². The van der Waals surface area contributed by atoms with Crippen LogP contribution in [0.25, 0.3) is 11.1 Å². The maximum atomic E-state index is 14.2. The Bertz CT molecular complexity index is 2120. The van der Waals surface area contributed by atoms with Gasteiger partial charge in [0.05, 0.1) is 0 Å². The van der Waals surface area contributed by atoms with Crippen molar-refractivity contribution in [1.29, 1.82) is 0 Å². The van der Waals surface area contributed by atoms with Gasteiger partial charge in [0, 0.05) is 12.3 Å². The third-order valence-corrected chi connectivity index (χ3v) is 9.91. The maximum absolute atomic E-state index is 14.2. The second-order valence-corrected chi connectivity index (χ2v) is 15.1. The number of benzene rings is 5. The van der Waals surface area contributed by atoms with Gasteiger partial charge >= 0.3 is 24.1 Å². The van der Waals surface area contributed by atoms with Crippen molar-refractivity contribution in [3.05, 3.63) is 167 Å². The third kappa shape index (κ3) is 10.1. The molecule has 6 rings (SSSR count). The first-order chi connectivity index (χ1) is 28.4. The van der Waals surface area contributed by atoms with Crippen molar-refractivity contribution in [1.82, 2.24) is 16.0 Å². The largest absolute Gasteiger partial charge is 0.480 e. The highest BCUT2D eigenvalue weighted by molar-refractivity contribution is 5.85. The summed E-state index contributed by atoms with van der Waals surface area (Å²) in [4.78, 5) is 65.8. The van der Waals surface area contributed by atoms with Crippen LogP contribution in [0, 0.1) is 0 Å². The van der Waals surface area contributed by atoms with Crippen molar-refractivity contribution in [2.45, 2.75) is 62.8 Å². The average Bonchev–Trinajstić information content (AvgIpc) is 3.55. The molecular formula is C47H47N3O9. The zero-order valence-electron chi connectivity index (χ0n) is 33.1. The van der Waals surface area contributed by atoms with Gasteiger partial charge in [-0.2, -0.15) is 0 Å². The number of esters is 1. The van der Waals surface area contributed by atoms with Crippen molar-refractivity contribution >= 4 is 30.0 Å². The molecule has 0 aliphatic heterocycles. The Labute approximate surface area is 342 Å². The predicted octanol–water partition coefficient (Wildman–Crippen LogP) is 7.30. The molecule has 5 aromatic carbocycles. The van der Waals surface area contributed by atoms with Gasteiger partial charge in [-0.15, -0.1) is 0 Å². The highest BCUT2D eigenvalue weighted by Gasteiger charge is 2.38. The molecule has 0 saturated carbocycles. The fraction of sp³-hybridized carbons (Fsp3) is 0.255. The molecule has 0 saturated heterocycles. The van der Waals surface area contributed by atoms with Gasteiger partial charge in [0.1, 0.15) is 30.4 Å². The smallest absolute Gasteiger partial charge is 0.408 e. The van der Waals surface area contributed by atoms with E-state index in [-0.39, 0.29) is 25.4 Å². The molecular weight excluding hydrogens is 751 g/mol. The Morgan fingerprint density at radius 2 is 1.07 bits per heavy atom. The van der Waals surface area contributed by atoms with E-state index in [2.05, 4.69) is 16.0 Å². The van der Waals surface area contributed by atoms with Crippen molar-refractivity contribution in [3.63, 3.8) is 0 Å². The molecule has 0 fully saturated rings. The van der Waals surface area contributed by atoms with E-state index >= 15 is 0 Å². The number of hydrogen-bond donors (Lipinski definition) is 4. The lowest BCUT2D eigenvalue weighted by Crippen LogP contribution is -2.49. The SMILES string of the molecule is CC(C)(C)OC(=O)NC(COC(=O)C(CCC(=O)NC(c1ccccc1)(c1ccccc1)c1ccccc1)NC(=O)OCC1c2ccccc2-c2ccccc21)C(=O)O. The van der Waals surface area contributed by atoms with E-state index in [4.69, 9.17) is 14.2 Å². The number of carbonyl (C=O) groups is 5. The van der Waals surface area contributed by atoms with Crippen LogP contribution in [-0.4, -0.2) is 66.0 Å². The minimum absolute atomic E-state index is 0.0449. The van der Waals surface area contributed by atoms with Gasteiger partial charge in [-0.05, 0) is 66.1 Å². The first-order valence-electron chi connectivity index (χ1n) is 19.3. The van der Waals surface area contributed by atoms with Gasteiger partial charge in [0.2, 0.25) is 5.91 Å². The molecule has 4 N–H and O–H groups in total. The molecule has 2 atom stereocenters. The molecule has 5 aromatic rings. The molecule has 2 unspecified atom stereocenters. The van der Waals surface area contributed by atoms with E-state index in [1.165, 1.54) is 0 Å². The molecule has 1 aliphatic carbocycles. The van der Waals surface area contributed by atoms with Crippen molar-refractivity contribution in [2.75, 3.05) is 13.2 Å². The summed E-state index contributed by atoms with van der Waals surface area (Å²) in [6, 6.07) is 41.0. The summed E-state index contributed by atoms with van der Waals surface area (Å²) in [6.07, 6.45) is -2.48. The Kier molecular flexibility index (Phi) is 13.1. The van der Waals surface area contributed by atoms with Crippen LogP contribution in [0.5, 0.6) is 0 Å². The lowest BCUT2D eigenvalue weighted by molar-refractivity contribution is -0.150. The number of rotatable bonds is 15. The number of amides is 3. The van der Waals surface area contributed by atoms with Crippen LogP contribution in [0.3, 0.4) is 0 Å². The topological polar surface area (TPSA) is 169 Å². The van der Waals surface area contributed by atoms with Crippen LogP contribution >= 0.6 is 0 Å². The van der Waals surface area contributed by atoms with Crippen LogP contribution in [0.2, 0.25) is 0 Å². The molecule has 0 heterocycles. The number of carboxylic acid groups (broad SMARTS) is 1. The summed E-state index contributed by atoms with van der Waals surface area (Å²) in [5.74, 6) is -3.24.